The number of benzene rings is 1. The molecule has 0 aliphatic carbocycles. The van der Waals surface area contributed by atoms with E-state index in [1.165, 1.54) is 18.2 Å². The summed E-state index contributed by atoms with van der Waals surface area (Å²) in [5.74, 6) is 0.474. The number of nitrogen functional groups attached to an aromatic ring is 1. The maximum Gasteiger partial charge on any atom is 0.246 e. The van der Waals surface area contributed by atoms with Gasteiger partial charge in [-0.15, -0.1) is 5.10 Å². The fourth-order valence-corrected chi connectivity index (χ4v) is 3.55. The molecule has 2 heterocycles. The van der Waals surface area contributed by atoms with Gasteiger partial charge in [-0.25, -0.2) is 17.9 Å². The molecule has 0 bridgehead atoms. The lowest BCUT2D eigenvalue weighted by atomic mass is 9.88. The Labute approximate surface area is 139 Å². The Balaban J connectivity index is 1.77. The molecule has 0 saturated carbocycles. The number of piperidine rings is 1. The molecule has 1 aromatic carbocycles. The number of halogens is 1. The minimum absolute atomic E-state index is 0.0532. The molecular weight excluding hydrogens is 335 g/mol. The number of aromatic amines is 1. The monoisotopic (exact) mass is 354 g/mol. The smallest absolute Gasteiger partial charge is 0.246 e. The zero-order valence-corrected chi connectivity index (χ0v) is 14.0. The third-order valence-corrected chi connectivity index (χ3v) is 4.61. The quantitative estimate of drug-likeness (QED) is 0.761. The lowest BCUT2D eigenvalue weighted by Crippen LogP contribution is -2.34. The molecule has 0 spiro atoms. The van der Waals surface area contributed by atoms with Crippen molar-refractivity contribution in [3.63, 3.8) is 0 Å². The van der Waals surface area contributed by atoms with Crippen molar-refractivity contribution in [2.45, 2.75) is 18.8 Å². The van der Waals surface area contributed by atoms with E-state index >= 15 is 0 Å². The van der Waals surface area contributed by atoms with Gasteiger partial charge in [0.15, 0.2) is 0 Å². The number of nitrogens with zero attached hydrogens (tertiary/aromatic N) is 3. The van der Waals surface area contributed by atoms with Gasteiger partial charge in [-0.2, -0.15) is 4.98 Å². The molecule has 0 atom stereocenters. The highest BCUT2D eigenvalue weighted by Gasteiger charge is 2.25. The largest absolute Gasteiger partial charge is 0.368 e. The van der Waals surface area contributed by atoms with Crippen molar-refractivity contribution in [1.29, 1.82) is 0 Å². The number of hydrogen-bond donors (Lipinski definition) is 3. The van der Waals surface area contributed by atoms with Crippen molar-refractivity contribution < 1.29 is 12.8 Å². The van der Waals surface area contributed by atoms with Gasteiger partial charge in [0.1, 0.15) is 5.82 Å². The van der Waals surface area contributed by atoms with Crippen molar-refractivity contribution in [3.8, 4) is 0 Å². The summed E-state index contributed by atoms with van der Waals surface area (Å²) in [4.78, 5) is 6.09. The molecule has 130 valence electrons. The highest BCUT2D eigenvalue weighted by Crippen LogP contribution is 2.34. The third kappa shape index (κ3) is 3.75. The van der Waals surface area contributed by atoms with Crippen molar-refractivity contribution >= 4 is 27.6 Å². The molecule has 0 unspecified atom stereocenters. The van der Waals surface area contributed by atoms with E-state index < -0.39 is 10.0 Å². The summed E-state index contributed by atoms with van der Waals surface area (Å²) in [6.07, 6.45) is 2.54. The number of rotatable bonds is 4. The van der Waals surface area contributed by atoms with Crippen LogP contribution in [0.25, 0.3) is 0 Å². The van der Waals surface area contributed by atoms with Crippen LogP contribution < -0.4 is 15.4 Å². The summed E-state index contributed by atoms with van der Waals surface area (Å²) in [7, 11) is -3.42. The van der Waals surface area contributed by atoms with E-state index in [9.17, 15) is 12.8 Å². The summed E-state index contributed by atoms with van der Waals surface area (Å²) < 4.78 is 39.2. The van der Waals surface area contributed by atoms with Crippen LogP contribution in [0.5, 0.6) is 0 Å². The summed E-state index contributed by atoms with van der Waals surface area (Å²) in [6.45, 7) is 1.35. The molecule has 1 fully saturated rings. The van der Waals surface area contributed by atoms with Gasteiger partial charge in [0.05, 0.1) is 11.9 Å². The second-order valence-corrected chi connectivity index (χ2v) is 7.64. The number of nitrogens with one attached hydrogen (secondary N) is 2. The molecule has 24 heavy (non-hydrogen) atoms. The number of aromatic nitrogens is 3. The fraction of sp³-hybridized carbons (Fsp3) is 0.429. The summed E-state index contributed by atoms with van der Waals surface area (Å²) in [5, 5.41) is 6.63. The highest BCUT2D eigenvalue weighted by atomic mass is 32.2. The molecule has 4 N–H and O–H groups in total. The Bertz CT molecular complexity index is 830. The molecule has 10 heteroatoms. The van der Waals surface area contributed by atoms with E-state index in [1.54, 1.807) is 0 Å². The van der Waals surface area contributed by atoms with Crippen LogP contribution in [-0.4, -0.2) is 42.9 Å². The first-order chi connectivity index (χ1) is 11.3. The molecule has 1 aromatic heterocycles. The number of nitrogens with two attached hydrogens (primary N) is 1. The van der Waals surface area contributed by atoms with Crippen LogP contribution in [0.2, 0.25) is 0 Å². The highest BCUT2D eigenvalue weighted by molar-refractivity contribution is 7.92. The summed E-state index contributed by atoms with van der Waals surface area (Å²) >= 11 is 0. The van der Waals surface area contributed by atoms with Gasteiger partial charge in [-0.1, -0.05) is 0 Å². The first kappa shape index (κ1) is 16.5. The Morgan fingerprint density at radius 1 is 1.38 bits per heavy atom. The van der Waals surface area contributed by atoms with Crippen molar-refractivity contribution in [1.82, 2.24) is 15.2 Å². The van der Waals surface area contributed by atoms with Gasteiger partial charge in [0, 0.05) is 13.1 Å². The third-order valence-electron chi connectivity index (χ3n) is 4.02. The number of hydrogen-bond acceptors (Lipinski definition) is 6. The van der Waals surface area contributed by atoms with Crippen LogP contribution in [0.1, 0.15) is 24.3 Å². The zero-order valence-electron chi connectivity index (χ0n) is 13.2. The molecule has 1 aliphatic rings. The summed E-state index contributed by atoms with van der Waals surface area (Å²) in [5.41, 5.74) is 6.64. The summed E-state index contributed by atoms with van der Waals surface area (Å²) in [6, 6.07) is 4.12. The molecule has 3 rings (SSSR count). The van der Waals surface area contributed by atoms with E-state index in [4.69, 9.17) is 5.73 Å². The molecule has 0 amide bonds. The van der Waals surface area contributed by atoms with E-state index in [0.717, 1.165) is 19.1 Å². The van der Waals surface area contributed by atoms with Gasteiger partial charge in [0.25, 0.3) is 0 Å². The SMILES string of the molecule is CS(=O)(=O)Nc1ccc(F)cc1C1CCN(c2n[nH]c(N)n2)CC1. The molecule has 1 aliphatic heterocycles. The lowest BCUT2D eigenvalue weighted by molar-refractivity contribution is 0.498. The Hall–Kier alpha value is -2.36. The number of anilines is 3. The topological polar surface area (TPSA) is 117 Å². The van der Waals surface area contributed by atoms with Crippen LogP contribution in [-0.2, 0) is 10.0 Å². The standard InChI is InChI=1S/C14H19FN6O2S/c1-24(22,23)20-12-3-2-10(15)8-11(12)9-4-6-21(7-5-9)14-17-13(16)18-19-14/h2-3,8-9,20H,4-7H2,1H3,(H3,16,17,18,19). The normalized spacial score (nSPS) is 16.3. The molecule has 0 radical (unpaired) electrons. The zero-order chi connectivity index (χ0) is 17.3. The van der Waals surface area contributed by atoms with Gasteiger partial charge in [-0.3, -0.25) is 4.72 Å². The first-order valence-corrected chi connectivity index (χ1v) is 9.41. The van der Waals surface area contributed by atoms with Crippen molar-refractivity contribution in [2.75, 3.05) is 34.7 Å². The maximum atomic E-state index is 13.7. The second-order valence-electron chi connectivity index (χ2n) is 5.89. The Morgan fingerprint density at radius 3 is 2.67 bits per heavy atom. The molecule has 1 saturated heterocycles. The number of sulfonamides is 1. The van der Waals surface area contributed by atoms with Gasteiger partial charge >= 0.3 is 0 Å². The average Bonchev–Trinajstić information content (AvgIpc) is 2.95. The van der Waals surface area contributed by atoms with Crippen molar-refractivity contribution in [2.24, 2.45) is 0 Å². The lowest BCUT2D eigenvalue weighted by Gasteiger charge is -2.32. The maximum absolute atomic E-state index is 13.7. The van der Waals surface area contributed by atoms with E-state index in [2.05, 4.69) is 19.9 Å². The fourth-order valence-electron chi connectivity index (χ4n) is 2.96. The van der Waals surface area contributed by atoms with Crippen LogP contribution in [0, 0.1) is 5.82 Å². The average molecular weight is 354 g/mol. The van der Waals surface area contributed by atoms with Crippen LogP contribution >= 0.6 is 0 Å². The first-order valence-electron chi connectivity index (χ1n) is 7.52. The minimum atomic E-state index is -3.42. The number of H-pyrrole nitrogens is 1. The minimum Gasteiger partial charge on any atom is -0.368 e. The Kier molecular flexibility index (Phi) is 4.31. The van der Waals surface area contributed by atoms with Gasteiger partial charge in [0.2, 0.25) is 21.9 Å². The molecule has 2 aromatic rings. The van der Waals surface area contributed by atoms with E-state index in [1.807, 2.05) is 4.90 Å². The second kappa shape index (κ2) is 6.27. The van der Waals surface area contributed by atoms with Crippen molar-refractivity contribution in [3.05, 3.63) is 29.6 Å². The van der Waals surface area contributed by atoms with E-state index in [-0.39, 0.29) is 17.7 Å². The predicted molar refractivity (Wildman–Crippen MR) is 89.8 cm³/mol. The van der Waals surface area contributed by atoms with Crippen LogP contribution in [0.15, 0.2) is 18.2 Å². The molecule has 8 nitrogen and oxygen atoms in total. The van der Waals surface area contributed by atoms with Crippen LogP contribution in [0.4, 0.5) is 22.0 Å². The van der Waals surface area contributed by atoms with Gasteiger partial charge in [-0.05, 0) is 42.5 Å². The van der Waals surface area contributed by atoms with Gasteiger partial charge < -0.3 is 10.6 Å². The van der Waals surface area contributed by atoms with E-state index in [0.29, 0.717) is 30.3 Å². The predicted octanol–water partition coefficient (Wildman–Crippen LogP) is 1.28. The molecular formula is C14H19FN6O2S. The van der Waals surface area contributed by atoms with Crippen LogP contribution in [0.3, 0.4) is 0 Å². The Morgan fingerprint density at radius 2 is 2.08 bits per heavy atom.